The summed E-state index contributed by atoms with van der Waals surface area (Å²) in [6.07, 6.45) is 0.434. The van der Waals surface area contributed by atoms with Crippen LogP contribution < -0.4 is 5.73 Å². The van der Waals surface area contributed by atoms with Crippen LogP contribution in [-0.2, 0) is 0 Å². The van der Waals surface area contributed by atoms with Gasteiger partial charge in [-0.15, -0.1) is 0 Å². The van der Waals surface area contributed by atoms with Gasteiger partial charge in [-0.3, -0.25) is 0 Å². The molecule has 0 amide bonds. The molecule has 0 bridgehead atoms. The summed E-state index contributed by atoms with van der Waals surface area (Å²) in [5.41, 5.74) is 4.59. The zero-order chi connectivity index (χ0) is 7.49. The van der Waals surface area contributed by atoms with Gasteiger partial charge in [0.1, 0.15) is 0 Å². The summed E-state index contributed by atoms with van der Waals surface area (Å²) in [4.78, 5) is 0. The van der Waals surface area contributed by atoms with E-state index in [2.05, 4.69) is 0 Å². The zero-order valence-corrected chi connectivity index (χ0v) is 5.96. The summed E-state index contributed by atoms with van der Waals surface area (Å²) in [5.74, 6) is 0. The lowest BCUT2D eigenvalue weighted by molar-refractivity contribution is 0.0557. The van der Waals surface area contributed by atoms with Gasteiger partial charge in [0.15, 0.2) is 0 Å². The van der Waals surface area contributed by atoms with Gasteiger partial charge < -0.3 is 15.9 Å². The van der Waals surface area contributed by atoms with E-state index >= 15 is 0 Å². The first-order chi connectivity index (χ1) is 3.95. The Morgan fingerprint density at radius 1 is 1.56 bits per heavy atom. The first kappa shape index (κ1) is 8.88. The molecule has 0 aliphatic rings. The van der Waals surface area contributed by atoms with Crippen molar-refractivity contribution in [1.82, 2.24) is 0 Å². The van der Waals surface area contributed by atoms with Gasteiger partial charge in [-0.25, -0.2) is 0 Å². The lowest BCUT2D eigenvalue weighted by Gasteiger charge is -2.20. The number of rotatable bonds is 3. The molecule has 0 saturated heterocycles. The fraction of sp³-hybridized carbons (Fsp3) is 1.00. The predicted molar refractivity (Wildman–Crippen MR) is 36.0 cm³/mol. The summed E-state index contributed by atoms with van der Waals surface area (Å²) in [7, 11) is 0. The second-order valence-corrected chi connectivity index (χ2v) is 2.96. The Labute approximate surface area is 55.5 Å². The van der Waals surface area contributed by atoms with Crippen molar-refractivity contribution in [1.29, 1.82) is 0 Å². The van der Waals surface area contributed by atoms with Crippen LogP contribution in [0.2, 0.25) is 0 Å². The molecule has 0 unspecified atom stereocenters. The highest BCUT2D eigenvalue weighted by Crippen LogP contribution is 2.08. The first-order valence-electron chi connectivity index (χ1n) is 3.04. The fourth-order valence-electron chi connectivity index (χ4n) is 0.706. The van der Waals surface area contributed by atoms with Gasteiger partial charge in [-0.2, -0.15) is 0 Å². The van der Waals surface area contributed by atoms with E-state index in [1.54, 1.807) is 13.8 Å². The minimum absolute atomic E-state index is 0.0655. The normalized spacial score (nSPS) is 15.7. The van der Waals surface area contributed by atoms with Gasteiger partial charge in [-0.1, -0.05) is 0 Å². The third-order valence-electron chi connectivity index (χ3n) is 0.996. The largest absolute Gasteiger partial charge is 0.395 e. The van der Waals surface area contributed by atoms with Crippen LogP contribution in [-0.4, -0.2) is 28.5 Å². The summed E-state index contributed by atoms with van der Waals surface area (Å²) in [5, 5.41) is 17.6. The van der Waals surface area contributed by atoms with E-state index < -0.39 is 5.60 Å². The molecule has 0 saturated carbocycles. The SMILES string of the molecule is CC(C)(O)C[C@@H](N)CO. The third-order valence-corrected chi connectivity index (χ3v) is 0.996. The molecule has 1 atom stereocenters. The van der Waals surface area contributed by atoms with Crippen molar-refractivity contribution >= 4 is 0 Å². The number of aliphatic hydroxyl groups excluding tert-OH is 1. The van der Waals surface area contributed by atoms with E-state index in [-0.39, 0.29) is 12.6 Å². The van der Waals surface area contributed by atoms with Crippen molar-refractivity contribution in [2.45, 2.75) is 31.9 Å². The van der Waals surface area contributed by atoms with Crippen molar-refractivity contribution in [3.8, 4) is 0 Å². The first-order valence-corrected chi connectivity index (χ1v) is 3.04. The molecule has 3 heteroatoms. The molecule has 0 heterocycles. The average molecular weight is 133 g/mol. The third kappa shape index (κ3) is 5.76. The smallest absolute Gasteiger partial charge is 0.0607 e. The molecular formula is C6H15NO2. The quantitative estimate of drug-likeness (QED) is 0.484. The van der Waals surface area contributed by atoms with Crippen LogP contribution in [0.15, 0.2) is 0 Å². The minimum Gasteiger partial charge on any atom is -0.395 e. The molecule has 0 aliphatic carbocycles. The fourth-order valence-corrected chi connectivity index (χ4v) is 0.706. The van der Waals surface area contributed by atoms with Crippen LogP contribution in [0.25, 0.3) is 0 Å². The number of hydrogen-bond acceptors (Lipinski definition) is 3. The molecular weight excluding hydrogens is 118 g/mol. The van der Waals surface area contributed by atoms with Crippen molar-refractivity contribution in [2.24, 2.45) is 5.73 Å². The Bertz CT molecular complexity index is 77.6. The molecule has 0 radical (unpaired) electrons. The molecule has 0 aromatic rings. The molecule has 0 rings (SSSR count). The molecule has 0 aliphatic heterocycles. The van der Waals surface area contributed by atoms with E-state index in [9.17, 15) is 0 Å². The second-order valence-electron chi connectivity index (χ2n) is 2.96. The van der Waals surface area contributed by atoms with Crippen LogP contribution in [0.5, 0.6) is 0 Å². The lowest BCUT2D eigenvalue weighted by atomic mass is 10.0. The number of nitrogens with two attached hydrogens (primary N) is 1. The predicted octanol–water partition coefficient (Wildman–Crippen LogP) is -0.533. The topological polar surface area (TPSA) is 66.5 Å². The molecule has 0 aromatic carbocycles. The highest BCUT2D eigenvalue weighted by molar-refractivity contribution is 4.72. The van der Waals surface area contributed by atoms with E-state index in [4.69, 9.17) is 15.9 Å². The summed E-state index contributed by atoms with van der Waals surface area (Å²) >= 11 is 0. The molecule has 0 aromatic heterocycles. The lowest BCUT2D eigenvalue weighted by Crippen LogP contribution is -2.34. The Balaban J connectivity index is 3.47. The van der Waals surface area contributed by atoms with Gasteiger partial charge in [-0.05, 0) is 20.3 Å². The van der Waals surface area contributed by atoms with E-state index in [0.717, 1.165) is 0 Å². The second kappa shape index (κ2) is 3.15. The van der Waals surface area contributed by atoms with Crippen LogP contribution in [0.3, 0.4) is 0 Å². The van der Waals surface area contributed by atoms with Crippen LogP contribution in [0.1, 0.15) is 20.3 Å². The van der Waals surface area contributed by atoms with Crippen molar-refractivity contribution < 1.29 is 10.2 Å². The molecule has 0 spiro atoms. The van der Waals surface area contributed by atoms with Crippen molar-refractivity contribution in [2.75, 3.05) is 6.61 Å². The Morgan fingerprint density at radius 2 is 2.00 bits per heavy atom. The Kier molecular flexibility index (Phi) is 3.11. The molecule has 4 N–H and O–H groups in total. The van der Waals surface area contributed by atoms with E-state index in [0.29, 0.717) is 6.42 Å². The monoisotopic (exact) mass is 133 g/mol. The zero-order valence-electron chi connectivity index (χ0n) is 5.96. The molecule has 0 fully saturated rings. The van der Waals surface area contributed by atoms with E-state index in [1.165, 1.54) is 0 Å². The van der Waals surface area contributed by atoms with Gasteiger partial charge >= 0.3 is 0 Å². The highest BCUT2D eigenvalue weighted by atomic mass is 16.3. The van der Waals surface area contributed by atoms with Gasteiger partial charge in [0.05, 0.1) is 12.2 Å². The molecule has 3 nitrogen and oxygen atoms in total. The van der Waals surface area contributed by atoms with Gasteiger partial charge in [0.2, 0.25) is 0 Å². The summed E-state index contributed by atoms with van der Waals surface area (Å²) in [6.45, 7) is 3.27. The maximum atomic E-state index is 9.13. The van der Waals surface area contributed by atoms with Crippen LogP contribution >= 0.6 is 0 Å². The van der Waals surface area contributed by atoms with E-state index in [1.807, 2.05) is 0 Å². The summed E-state index contributed by atoms with van der Waals surface area (Å²) in [6, 6.07) is -0.301. The van der Waals surface area contributed by atoms with Gasteiger partial charge in [0, 0.05) is 6.04 Å². The minimum atomic E-state index is -0.762. The number of hydrogen-bond donors (Lipinski definition) is 3. The Hall–Kier alpha value is -0.120. The van der Waals surface area contributed by atoms with Crippen LogP contribution in [0, 0.1) is 0 Å². The molecule has 9 heavy (non-hydrogen) atoms. The maximum absolute atomic E-state index is 9.13. The highest BCUT2D eigenvalue weighted by Gasteiger charge is 2.16. The van der Waals surface area contributed by atoms with Crippen molar-refractivity contribution in [3.05, 3.63) is 0 Å². The Morgan fingerprint density at radius 3 is 2.11 bits per heavy atom. The number of aliphatic hydroxyl groups is 2. The van der Waals surface area contributed by atoms with Gasteiger partial charge in [0.25, 0.3) is 0 Å². The van der Waals surface area contributed by atoms with Crippen LogP contribution in [0.4, 0.5) is 0 Å². The van der Waals surface area contributed by atoms with Crippen molar-refractivity contribution in [3.63, 3.8) is 0 Å². The molecule has 56 valence electrons. The summed E-state index contributed by atoms with van der Waals surface area (Å²) < 4.78 is 0. The average Bonchev–Trinajstić information content (AvgIpc) is 1.62. The standard InChI is InChI=1S/C6H15NO2/c1-6(2,9)3-5(7)4-8/h5,8-9H,3-4,7H2,1-2H3/t5-/m1/s1. The maximum Gasteiger partial charge on any atom is 0.0607 e.